The van der Waals surface area contributed by atoms with Crippen LogP contribution in [0.25, 0.3) is 0 Å². The van der Waals surface area contributed by atoms with Gasteiger partial charge in [0.05, 0.1) is 0 Å². The highest BCUT2D eigenvalue weighted by Gasteiger charge is 2.31. The second kappa shape index (κ2) is 7.09. The zero-order valence-electron chi connectivity index (χ0n) is 12.5. The predicted molar refractivity (Wildman–Crippen MR) is 88.0 cm³/mol. The van der Waals surface area contributed by atoms with Gasteiger partial charge in [-0.25, -0.2) is 0 Å². The quantitative estimate of drug-likeness (QED) is 0.584. The van der Waals surface area contributed by atoms with Gasteiger partial charge in [0.25, 0.3) is 0 Å². The first-order chi connectivity index (χ1) is 9.83. The van der Waals surface area contributed by atoms with Gasteiger partial charge in [-0.15, -0.1) is 0 Å². The van der Waals surface area contributed by atoms with Gasteiger partial charge in [0.1, 0.15) is 0 Å². The van der Waals surface area contributed by atoms with Crippen LogP contribution >= 0.6 is 0 Å². The maximum absolute atomic E-state index is 2.30. The minimum atomic E-state index is 0.101. The van der Waals surface area contributed by atoms with E-state index >= 15 is 0 Å². The molecule has 0 atom stereocenters. The first-order valence-corrected chi connectivity index (χ1v) is 7.55. The number of hydrogen-bond donors (Lipinski definition) is 0. The van der Waals surface area contributed by atoms with Crippen LogP contribution in [0.2, 0.25) is 0 Å². The van der Waals surface area contributed by atoms with Crippen LogP contribution in [0, 0.1) is 0 Å². The van der Waals surface area contributed by atoms with Crippen LogP contribution in [0.15, 0.2) is 72.8 Å². The standard InChI is InChI=1S/C20H24/c1-3-5-17-20(16-4-2,18-12-8-6-9-13-18)19-14-10-7-11-15-19/h3,5-15H,4,16-17H2,1-2H3/b5-3+. The Morgan fingerprint density at radius 1 is 0.850 bits per heavy atom. The minimum absolute atomic E-state index is 0.101. The second-order valence-electron chi connectivity index (χ2n) is 5.34. The topological polar surface area (TPSA) is 0 Å². The summed E-state index contributed by atoms with van der Waals surface area (Å²) in [6.45, 7) is 4.38. The first-order valence-electron chi connectivity index (χ1n) is 7.55. The van der Waals surface area contributed by atoms with E-state index in [-0.39, 0.29) is 5.41 Å². The molecule has 0 nitrogen and oxygen atoms in total. The monoisotopic (exact) mass is 264 g/mol. The average Bonchev–Trinajstić information content (AvgIpc) is 2.53. The molecule has 0 aliphatic carbocycles. The van der Waals surface area contributed by atoms with E-state index in [1.165, 1.54) is 24.0 Å². The van der Waals surface area contributed by atoms with Crippen molar-refractivity contribution in [1.29, 1.82) is 0 Å². The summed E-state index contributed by atoms with van der Waals surface area (Å²) in [4.78, 5) is 0. The Morgan fingerprint density at radius 3 is 1.75 bits per heavy atom. The summed E-state index contributed by atoms with van der Waals surface area (Å²) in [5.41, 5.74) is 2.95. The highest BCUT2D eigenvalue weighted by atomic mass is 14.3. The molecule has 2 aromatic carbocycles. The van der Waals surface area contributed by atoms with Crippen molar-refractivity contribution in [2.24, 2.45) is 0 Å². The first kappa shape index (κ1) is 14.6. The molecule has 0 N–H and O–H groups in total. The van der Waals surface area contributed by atoms with Gasteiger partial charge in [0, 0.05) is 5.41 Å². The molecule has 0 amide bonds. The normalized spacial score (nSPS) is 11.9. The molecule has 0 heterocycles. The zero-order chi connectivity index (χ0) is 14.3. The van der Waals surface area contributed by atoms with Crippen LogP contribution in [-0.4, -0.2) is 0 Å². The van der Waals surface area contributed by atoms with Crippen molar-refractivity contribution in [2.75, 3.05) is 0 Å². The molecular formula is C20H24. The summed E-state index contributed by atoms with van der Waals surface area (Å²) < 4.78 is 0. The SMILES string of the molecule is C/C=C/CC(CCC)(c1ccccc1)c1ccccc1. The molecule has 0 bridgehead atoms. The Balaban J connectivity index is 2.56. The van der Waals surface area contributed by atoms with Crippen molar-refractivity contribution in [3.8, 4) is 0 Å². The van der Waals surface area contributed by atoms with Crippen LogP contribution in [-0.2, 0) is 5.41 Å². The minimum Gasteiger partial charge on any atom is -0.0916 e. The largest absolute Gasteiger partial charge is 0.0916 e. The molecule has 104 valence electrons. The summed E-state index contributed by atoms with van der Waals surface area (Å²) >= 11 is 0. The lowest BCUT2D eigenvalue weighted by molar-refractivity contribution is 0.470. The van der Waals surface area contributed by atoms with Gasteiger partial charge >= 0.3 is 0 Å². The highest BCUT2D eigenvalue weighted by Crippen LogP contribution is 2.40. The van der Waals surface area contributed by atoms with Crippen molar-refractivity contribution >= 4 is 0 Å². The summed E-state index contributed by atoms with van der Waals surface area (Å²) in [6.07, 6.45) is 7.88. The maximum Gasteiger partial charge on any atom is 0.0237 e. The van der Waals surface area contributed by atoms with Crippen molar-refractivity contribution < 1.29 is 0 Å². The third kappa shape index (κ3) is 3.01. The van der Waals surface area contributed by atoms with Gasteiger partial charge in [0.15, 0.2) is 0 Å². The molecule has 0 aromatic heterocycles. The highest BCUT2D eigenvalue weighted by molar-refractivity contribution is 5.40. The number of rotatable bonds is 6. The summed E-state index contributed by atoms with van der Waals surface area (Å²) in [6, 6.07) is 21.9. The lowest BCUT2D eigenvalue weighted by Crippen LogP contribution is -2.27. The van der Waals surface area contributed by atoms with E-state index in [1.54, 1.807) is 0 Å². The molecule has 0 fully saturated rings. The van der Waals surface area contributed by atoms with Crippen LogP contribution in [0.3, 0.4) is 0 Å². The van der Waals surface area contributed by atoms with Crippen LogP contribution in [0.5, 0.6) is 0 Å². The van der Waals surface area contributed by atoms with E-state index in [1.807, 2.05) is 0 Å². The molecule has 0 heteroatoms. The average molecular weight is 264 g/mol. The fourth-order valence-corrected chi connectivity index (χ4v) is 3.05. The molecule has 0 aliphatic rings. The Morgan fingerprint density at radius 2 is 1.35 bits per heavy atom. The number of benzene rings is 2. The van der Waals surface area contributed by atoms with Crippen molar-refractivity contribution in [3.05, 3.63) is 83.9 Å². The van der Waals surface area contributed by atoms with E-state index in [0.29, 0.717) is 0 Å². The molecular weight excluding hydrogens is 240 g/mol. The van der Waals surface area contributed by atoms with Crippen molar-refractivity contribution in [1.82, 2.24) is 0 Å². The molecule has 0 radical (unpaired) electrons. The van der Waals surface area contributed by atoms with E-state index in [0.717, 1.165) is 6.42 Å². The molecule has 0 saturated heterocycles. The lowest BCUT2D eigenvalue weighted by atomic mass is 9.69. The molecule has 2 rings (SSSR count). The Kier molecular flexibility index (Phi) is 5.17. The molecule has 0 saturated carbocycles. The van der Waals surface area contributed by atoms with Gasteiger partial charge in [-0.05, 0) is 30.9 Å². The van der Waals surface area contributed by atoms with Gasteiger partial charge in [-0.1, -0.05) is 86.2 Å². The summed E-state index contributed by atoms with van der Waals surface area (Å²) in [5, 5.41) is 0. The van der Waals surface area contributed by atoms with Gasteiger partial charge in [0.2, 0.25) is 0 Å². The molecule has 0 spiro atoms. The summed E-state index contributed by atoms with van der Waals surface area (Å²) in [7, 11) is 0. The summed E-state index contributed by atoms with van der Waals surface area (Å²) in [5.74, 6) is 0. The van der Waals surface area contributed by atoms with Gasteiger partial charge in [-0.2, -0.15) is 0 Å². The van der Waals surface area contributed by atoms with Crippen LogP contribution in [0.1, 0.15) is 44.2 Å². The van der Waals surface area contributed by atoms with Crippen molar-refractivity contribution in [3.63, 3.8) is 0 Å². The predicted octanol–water partition coefficient (Wildman–Crippen LogP) is 5.74. The molecule has 20 heavy (non-hydrogen) atoms. The van der Waals surface area contributed by atoms with E-state index in [9.17, 15) is 0 Å². The van der Waals surface area contributed by atoms with Gasteiger partial charge in [-0.3, -0.25) is 0 Å². The lowest BCUT2D eigenvalue weighted by Gasteiger charge is -2.34. The number of hydrogen-bond acceptors (Lipinski definition) is 0. The van der Waals surface area contributed by atoms with E-state index in [4.69, 9.17) is 0 Å². The van der Waals surface area contributed by atoms with E-state index < -0.39 is 0 Å². The third-order valence-corrected chi connectivity index (χ3v) is 4.03. The fraction of sp³-hybridized carbons (Fsp3) is 0.300. The Bertz CT molecular complexity index is 483. The molecule has 2 aromatic rings. The smallest absolute Gasteiger partial charge is 0.0237 e. The van der Waals surface area contributed by atoms with Crippen LogP contribution < -0.4 is 0 Å². The van der Waals surface area contributed by atoms with Crippen LogP contribution in [0.4, 0.5) is 0 Å². The second-order valence-corrected chi connectivity index (χ2v) is 5.34. The molecule has 0 unspecified atom stereocenters. The van der Waals surface area contributed by atoms with Crippen molar-refractivity contribution in [2.45, 2.75) is 38.5 Å². The number of allylic oxidation sites excluding steroid dienone is 2. The Labute approximate surface area is 123 Å². The maximum atomic E-state index is 2.30. The Hall–Kier alpha value is -1.82. The van der Waals surface area contributed by atoms with Gasteiger partial charge < -0.3 is 0 Å². The fourth-order valence-electron chi connectivity index (χ4n) is 3.05. The third-order valence-electron chi connectivity index (χ3n) is 4.03. The molecule has 0 aliphatic heterocycles. The van der Waals surface area contributed by atoms with E-state index in [2.05, 4.69) is 86.7 Å². The zero-order valence-corrected chi connectivity index (χ0v) is 12.5.